The molecule has 0 aliphatic carbocycles. The first kappa shape index (κ1) is 38.7. The first-order chi connectivity index (χ1) is 0. The van der Waals surface area contributed by atoms with Crippen molar-refractivity contribution in [3.63, 3.8) is 0 Å². The van der Waals surface area contributed by atoms with Gasteiger partial charge in [-0.1, -0.05) is 0 Å². The Morgan fingerprint density at radius 1 is 1.00 bits per heavy atom. The Morgan fingerprint density at radius 3 is 1.00 bits per heavy atom. The zero-order valence-corrected chi connectivity index (χ0v) is 3.72. The van der Waals surface area contributed by atoms with E-state index < -0.39 is 0 Å². The molecule has 0 unspecified atom stereocenters. The molecule has 0 aliphatic rings. The molecular formula is H7AlMoNiSi. The smallest absolute Gasteiger partial charge is 0.0149 e. The summed E-state index contributed by atoms with van der Waals surface area (Å²) in [5.41, 5.74) is 0. The molecule has 0 aromatic rings. The van der Waals surface area contributed by atoms with Crippen LogP contribution in [0.3, 0.4) is 0 Å². The van der Waals surface area contributed by atoms with Crippen LogP contribution in [0.1, 0.15) is 0 Å². The maximum Gasteiger partial charge on any atom is 0.187 e. The summed E-state index contributed by atoms with van der Waals surface area (Å²) in [7, 11) is 0. The van der Waals surface area contributed by atoms with Crippen molar-refractivity contribution in [3.8, 4) is 0 Å². The fraction of sp³-hybridized carbons (Fsp3) is 0. The Kier molecular flexibility index (Phi) is 198. The van der Waals surface area contributed by atoms with Gasteiger partial charge in [-0.25, -0.2) is 0 Å². The second-order valence-corrected chi connectivity index (χ2v) is 0. The zero-order valence-electron chi connectivity index (χ0n) is 0.724. The quantitative estimate of drug-likeness (QED) is 0.389. The van der Waals surface area contributed by atoms with Crippen LogP contribution in [0.4, 0.5) is 0 Å². The molecule has 0 fully saturated rings. The third-order valence-corrected chi connectivity index (χ3v) is 0. The molecule has 30 valence electrons. The Morgan fingerprint density at radius 2 is 1.00 bits per heavy atom. The average molecular weight is 217 g/mol. The van der Waals surface area contributed by atoms with Crippen molar-refractivity contribution in [3.05, 3.63) is 0 Å². The fourth-order valence-corrected chi connectivity index (χ4v) is 0. The van der Waals surface area contributed by atoms with Gasteiger partial charge in [0.05, 0.1) is 0 Å². The molecule has 0 amide bonds. The minimum Gasteiger partial charge on any atom is -0.0149 e. The maximum absolute atomic E-state index is 0. The Labute approximate surface area is 65.5 Å². The molecule has 4 heavy (non-hydrogen) atoms. The Bertz CT molecular complexity index is 8.00. The summed E-state index contributed by atoms with van der Waals surface area (Å²) in [5.74, 6) is 0. The molecule has 0 nitrogen and oxygen atoms in total. The maximum atomic E-state index is 0. The summed E-state index contributed by atoms with van der Waals surface area (Å²) in [4.78, 5) is 0. The van der Waals surface area contributed by atoms with Gasteiger partial charge in [-0.3, -0.25) is 0 Å². The van der Waals surface area contributed by atoms with Gasteiger partial charge in [-0.2, -0.15) is 0 Å². The molecule has 0 radical (unpaired) electrons. The van der Waals surface area contributed by atoms with Crippen molar-refractivity contribution in [2.24, 2.45) is 0 Å². The van der Waals surface area contributed by atoms with E-state index in [4.69, 9.17) is 0 Å². The Hall–Kier alpha value is 1.93. The zero-order chi connectivity index (χ0) is 0. The van der Waals surface area contributed by atoms with E-state index in [-0.39, 0.29) is 65.9 Å². The molecule has 0 saturated heterocycles. The van der Waals surface area contributed by atoms with Gasteiger partial charge in [0.15, 0.2) is 17.4 Å². The van der Waals surface area contributed by atoms with E-state index in [1.165, 1.54) is 0 Å². The molecule has 4 heteroatoms. The van der Waals surface area contributed by atoms with Crippen molar-refractivity contribution < 1.29 is 37.6 Å². The summed E-state index contributed by atoms with van der Waals surface area (Å²) in [5, 5.41) is 0. The van der Waals surface area contributed by atoms with E-state index in [1.807, 2.05) is 0 Å². The monoisotopic (exact) mass is 218 g/mol. The van der Waals surface area contributed by atoms with Crippen LogP contribution >= 0.6 is 0 Å². The van der Waals surface area contributed by atoms with Gasteiger partial charge in [0.1, 0.15) is 0 Å². The molecule has 0 heterocycles. The predicted octanol–water partition coefficient (Wildman–Crippen LogP) is -2.64. The van der Waals surface area contributed by atoms with Crippen molar-refractivity contribution >= 4 is 28.3 Å². The van der Waals surface area contributed by atoms with Crippen LogP contribution in [0, 0.1) is 0 Å². The minimum atomic E-state index is 0. The largest absolute Gasteiger partial charge is 0.187 e. The summed E-state index contributed by atoms with van der Waals surface area (Å²) < 4.78 is 0. The van der Waals surface area contributed by atoms with Crippen LogP contribution in [0.25, 0.3) is 0 Å². The summed E-state index contributed by atoms with van der Waals surface area (Å²) in [6.07, 6.45) is 0. The van der Waals surface area contributed by atoms with Gasteiger partial charge in [0, 0.05) is 37.6 Å². The van der Waals surface area contributed by atoms with E-state index >= 15 is 0 Å². The minimum absolute atomic E-state index is 0. The van der Waals surface area contributed by atoms with E-state index in [9.17, 15) is 0 Å². The summed E-state index contributed by atoms with van der Waals surface area (Å²) in [6, 6.07) is 0. The summed E-state index contributed by atoms with van der Waals surface area (Å²) >= 11 is 0. The van der Waals surface area contributed by atoms with Crippen LogP contribution in [0.15, 0.2) is 0 Å². The van der Waals surface area contributed by atoms with Crippen LogP contribution < -0.4 is 0 Å². The molecule has 0 spiro atoms. The van der Waals surface area contributed by atoms with Crippen molar-refractivity contribution in [1.82, 2.24) is 0 Å². The molecule has 0 aromatic heterocycles. The average Bonchev–Trinajstić information content (AvgIpc) is 0. The third-order valence-electron chi connectivity index (χ3n) is 0. The molecule has 0 bridgehead atoms. The van der Waals surface area contributed by atoms with Crippen molar-refractivity contribution in [1.29, 1.82) is 0 Å². The van der Waals surface area contributed by atoms with Gasteiger partial charge >= 0.3 is 0 Å². The fourth-order valence-electron chi connectivity index (χ4n) is 0. The summed E-state index contributed by atoms with van der Waals surface area (Å²) in [6.45, 7) is 0. The molecule has 0 aromatic carbocycles. The molecule has 0 atom stereocenters. The van der Waals surface area contributed by atoms with Crippen molar-refractivity contribution in [2.75, 3.05) is 0 Å². The van der Waals surface area contributed by atoms with Gasteiger partial charge in [0.25, 0.3) is 0 Å². The van der Waals surface area contributed by atoms with Crippen LogP contribution in [0.2, 0.25) is 0 Å². The molecular weight excluding hydrogens is 210 g/mol. The van der Waals surface area contributed by atoms with Gasteiger partial charge < -0.3 is 0 Å². The molecule has 0 saturated carbocycles. The van der Waals surface area contributed by atoms with E-state index in [2.05, 4.69) is 0 Å². The van der Waals surface area contributed by atoms with Gasteiger partial charge in [0.2, 0.25) is 0 Å². The topological polar surface area (TPSA) is 0 Å². The van der Waals surface area contributed by atoms with Gasteiger partial charge in [-0.05, 0) is 11.0 Å². The molecule has 0 aliphatic heterocycles. The number of hydrogen-bond donors (Lipinski definition) is 0. The first-order valence-corrected chi connectivity index (χ1v) is 0. The van der Waals surface area contributed by atoms with Crippen LogP contribution in [-0.2, 0) is 37.6 Å². The van der Waals surface area contributed by atoms with E-state index in [0.29, 0.717) is 0 Å². The van der Waals surface area contributed by atoms with E-state index in [1.54, 1.807) is 0 Å². The second-order valence-electron chi connectivity index (χ2n) is 0. The van der Waals surface area contributed by atoms with Crippen LogP contribution in [0.5, 0.6) is 0 Å². The SMILES string of the molecule is [AlH3].[Mo].[Ni].[SiH4]. The van der Waals surface area contributed by atoms with E-state index in [0.717, 1.165) is 0 Å². The molecule has 0 N–H and O–H groups in total. The van der Waals surface area contributed by atoms with Crippen LogP contribution in [-0.4, -0.2) is 28.3 Å². The second kappa shape index (κ2) is 20.4. The predicted molar refractivity (Wildman–Crippen MR) is 21.3 cm³/mol. The first-order valence-electron chi connectivity index (χ1n) is 0. The number of rotatable bonds is 0. The molecule has 0 rings (SSSR count). The third kappa shape index (κ3) is 9.06. The Balaban J connectivity index is 0. The van der Waals surface area contributed by atoms with Crippen molar-refractivity contribution in [2.45, 2.75) is 0 Å². The normalized spacial score (nSPS) is 0. The standard InChI is InChI=1S/Al.Mo.Ni.H4Si.3H/h;;;1H4;;;. The number of hydrogen-bond acceptors (Lipinski definition) is 0. The van der Waals surface area contributed by atoms with Gasteiger partial charge in [-0.15, -0.1) is 0 Å².